The Balaban J connectivity index is 1.98. The lowest BCUT2D eigenvalue weighted by atomic mass is 10.1. The van der Waals surface area contributed by atoms with Crippen LogP contribution in [-0.2, 0) is 15.0 Å². The Hall–Kier alpha value is -1.51. The molecule has 1 fully saturated rings. The van der Waals surface area contributed by atoms with E-state index in [2.05, 4.69) is 10.3 Å². The molecule has 0 aliphatic carbocycles. The van der Waals surface area contributed by atoms with Gasteiger partial charge in [0.25, 0.3) is 10.2 Å². The number of aromatic nitrogens is 1. The highest BCUT2D eigenvalue weighted by Gasteiger charge is 2.33. The summed E-state index contributed by atoms with van der Waals surface area (Å²) in [6, 6.07) is 3.49. The Morgan fingerprint density at radius 2 is 2.17 bits per heavy atom. The molecule has 2 rings (SSSR count). The van der Waals surface area contributed by atoms with Crippen LogP contribution in [0, 0.1) is 6.92 Å². The number of carbonyl (C=O) groups is 1. The average molecular weight is 340 g/mol. The predicted octanol–water partition coefficient (Wildman–Crippen LogP) is 1.38. The molecular weight excluding hydrogens is 316 g/mol. The van der Waals surface area contributed by atoms with Crippen molar-refractivity contribution in [3.8, 4) is 0 Å². The zero-order chi connectivity index (χ0) is 17.0. The summed E-state index contributed by atoms with van der Waals surface area (Å²) in [6.07, 6.45) is 4.39. The van der Waals surface area contributed by atoms with Gasteiger partial charge < -0.3 is 5.32 Å². The second-order valence-corrected chi connectivity index (χ2v) is 7.98. The van der Waals surface area contributed by atoms with Gasteiger partial charge in [0.1, 0.15) is 5.82 Å². The number of nitrogens with one attached hydrogen (secondary N) is 1. The average Bonchev–Trinajstić information content (AvgIpc) is 2.49. The molecule has 0 saturated carbocycles. The Morgan fingerprint density at radius 3 is 2.78 bits per heavy atom. The van der Waals surface area contributed by atoms with Crippen molar-refractivity contribution >= 4 is 21.9 Å². The number of carbonyl (C=O) groups excluding carboxylic acids is 1. The molecule has 0 bridgehead atoms. The van der Waals surface area contributed by atoms with Crippen LogP contribution in [0.15, 0.2) is 18.3 Å². The first kappa shape index (κ1) is 17.8. The molecule has 1 aromatic rings. The van der Waals surface area contributed by atoms with Crippen LogP contribution in [0.5, 0.6) is 0 Å². The van der Waals surface area contributed by atoms with E-state index < -0.39 is 16.1 Å². The highest BCUT2D eigenvalue weighted by molar-refractivity contribution is 7.86. The highest BCUT2D eigenvalue weighted by Crippen LogP contribution is 2.21. The maximum Gasteiger partial charge on any atom is 0.282 e. The smallest absolute Gasteiger partial charge is 0.282 e. The molecule has 1 saturated heterocycles. The molecule has 1 amide bonds. The fraction of sp³-hybridized carbons (Fsp3) is 0.600. The predicted molar refractivity (Wildman–Crippen MR) is 89.2 cm³/mol. The SMILES string of the molecule is Cc1ccc(NC(=O)CN(C)S(=O)(=O)N2CCCC[C@@H]2C)nc1. The number of likely N-dealkylation sites (N-methyl/N-ethyl adjacent to an activating group) is 1. The highest BCUT2D eigenvalue weighted by atomic mass is 32.2. The van der Waals surface area contributed by atoms with Crippen LogP contribution in [-0.4, -0.2) is 54.1 Å². The molecule has 2 heterocycles. The zero-order valence-corrected chi connectivity index (χ0v) is 14.6. The monoisotopic (exact) mass is 340 g/mol. The quantitative estimate of drug-likeness (QED) is 0.878. The second kappa shape index (κ2) is 7.37. The molecule has 1 aromatic heterocycles. The summed E-state index contributed by atoms with van der Waals surface area (Å²) in [5.41, 5.74) is 0.988. The van der Waals surface area contributed by atoms with Crippen molar-refractivity contribution in [2.45, 2.75) is 39.2 Å². The molecule has 0 radical (unpaired) electrons. The maximum atomic E-state index is 12.6. The number of hydrogen-bond donors (Lipinski definition) is 1. The van der Waals surface area contributed by atoms with E-state index >= 15 is 0 Å². The van der Waals surface area contributed by atoms with Gasteiger partial charge in [-0.2, -0.15) is 17.0 Å². The lowest BCUT2D eigenvalue weighted by Gasteiger charge is -2.34. The number of nitrogens with zero attached hydrogens (tertiary/aromatic N) is 3. The van der Waals surface area contributed by atoms with E-state index in [0.717, 1.165) is 29.1 Å². The van der Waals surface area contributed by atoms with Crippen molar-refractivity contribution in [2.24, 2.45) is 0 Å². The largest absolute Gasteiger partial charge is 0.310 e. The molecule has 0 spiro atoms. The van der Waals surface area contributed by atoms with Gasteiger partial charge in [-0.15, -0.1) is 0 Å². The van der Waals surface area contributed by atoms with Gasteiger partial charge in [-0.05, 0) is 38.3 Å². The van der Waals surface area contributed by atoms with E-state index in [9.17, 15) is 13.2 Å². The van der Waals surface area contributed by atoms with Gasteiger partial charge in [0.05, 0.1) is 6.54 Å². The minimum absolute atomic E-state index is 0.0296. The first-order chi connectivity index (χ1) is 10.8. The second-order valence-electron chi connectivity index (χ2n) is 5.99. The van der Waals surface area contributed by atoms with Crippen LogP contribution in [0.1, 0.15) is 31.7 Å². The van der Waals surface area contributed by atoms with Gasteiger partial charge in [-0.1, -0.05) is 12.5 Å². The number of piperidine rings is 1. The van der Waals surface area contributed by atoms with E-state index in [0.29, 0.717) is 12.4 Å². The standard InChI is InChI=1S/C15H24N4O3S/c1-12-7-8-14(16-10-12)17-15(20)11-18(3)23(21,22)19-9-5-4-6-13(19)2/h7-8,10,13H,4-6,9,11H2,1-3H3,(H,16,17,20)/t13-/m0/s1. The Kier molecular flexibility index (Phi) is 5.72. The summed E-state index contributed by atoms with van der Waals surface area (Å²) in [4.78, 5) is 16.1. The molecule has 0 unspecified atom stereocenters. The molecule has 8 heteroatoms. The first-order valence-corrected chi connectivity index (χ1v) is 9.16. The number of anilines is 1. The van der Waals surface area contributed by atoms with Crippen molar-refractivity contribution < 1.29 is 13.2 Å². The first-order valence-electron chi connectivity index (χ1n) is 7.76. The van der Waals surface area contributed by atoms with Gasteiger partial charge >= 0.3 is 0 Å². The van der Waals surface area contributed by atoms with Crippen molar-refractivity contribution in [1.29, 1.82) is 0 Å². The van der Waals surface area contributed by atoms with Crippen LogP contribution in [0.4, 0.5) is 5.82 Å². The van der Waals surface area contributed by atoms with Gasteiger partial charge in [0.2, 0.25) is 5.91 Å². The van der Waals surface area contributed by atoms with E-state index in [1.807, 2.05) is 19.9 Å². The summed E-state index contributed by atoms with van der Waals surface area (Å²) < 4.78 is 27.7. The fourth-order valence-corrected chi connectivity index (χ4v) is 4.16. The number of pyridine rings is 1. The summed E-state index contributed by atoms with van der Waals surface area (Å²) in [5, 5.41) is 2.61. The summed E-state index contributed by atoms with van der Waals surface area (Å²) in [6.45, 7) is 4.08. The molecule has 1 aliphatic rings. The molecule has 0 aromatic carbocycles. The number of aryl methyl sites for hydroxylation is 1. The van der Waals surface area contributed by atoms with Gasteiger partial charge in [-0.3, -0.25) is 4.79 Å². The molecule has 1 aliphatic heterocycles. The van der Waals surface area contributed by atoms with E-state index in [-0.39, 0.29) is 12.6 Å². The van der Waals surface area contributed by atoms with E-state index in [1.165, 1.54) is 11.4 Å². The Morgan fingerprint density at radius 1 is 1.43 bits per heavy atom. The molecule has 7 nitrogen and oxygen atoms in total. The van der Waals surface area contributed by atoms with E-state index in [4.69, 9.17) is 0 Å². The molecular formula is C15H24N4O3S. The lowest BCUT2D eigenvalue weighted by Crippen LogP contribution is -2.50. The van der Waals surface area contributed by atoms with Crippen LogP contribution in [0.2, 0.25) is 0 Å². The molecule has 128 valence electrons. The number of rotatable bonds is 5. The third-order valence-corrected chi connectivity index (χ3v) is 6.03. The third-order valence-electron chi connectivity index (χ3n) is 3.98. The van der Waals surface area contributed by atoms with Crippen LogP contribution < -0.4 is 5.32 Å². The van der Waals surface area contributed by atoms with Crippen molar-refractivity contribution in [3.63, 3.8) is 0 Å². The van der Waals surface area contributed by atoms with Gasteiger partial charge in [-0.25, -0.2) is 4.98 Å². The van der Waals surface area contributed by atoms with Crippen molar-refractivity contribution in [1.82, 2.24) is 13.6 Å². The Bertz CT molecular complexity index is 645. The third kappa shape index (κ3) is 4.49. The minimum Gasteiger partial charge on any atom is -0.310 e. The molecule has 1 atom stereocenters. The number of hydrogen-bond acceptors (Lipinski definition) is 4. The minimum atomic E-state index is -3.62. The topological polar surface area (TPSA) is 82.6 Å². The molecule has 1 N–H and O–H groups in total. The lowest BCUT2D eigenvalue weighted by molar-refractivity contribution is -0.116. The van der Waals surface area contributed by atoms with Crippen LogP contribution in [0.25, 0.3) is 0 Å². The van der Waals surface area contributed by atoms with Crippen LogP contribution >= 0.6 is 0 Å². The molecule has 23 heavy (non-hydrogen) atoms. The number of amides is 1. The normalized spacial score (nSPS) is 19.7. The van der Waals surface area contributed by atoms with Gasteiger partial charge in [0.15, 0.2) is 0 Å². The summed E-state index contributed by atoms with van der Waals surface area (Å²) in [5.74, 6) is 0.00910. The van der Waals surface area contributed by atoms with Crippen molar-refractivity contribution in [3.05, 3.63) is 23.9 Å². The summed E-state index contributed by atoms with van der Waals surface area (Å²) in [7, 11) is -2.19. The van der Waals surface area contributed by atoms with Crippen molar-refractivity contribution in [2.75, 3.05) is 25.5 Å². The maximum absolute atomic E-state index is 12.6. The zero-order valence-electron chi connectivity index (χ0n) is 13.8. The van der Waals surface area contributed by atoms with Crippen LogP contribution in [0.3, 0.4) is 0 Å². The summed E-state index contributed by atoms with van der Waals surface area (Å²) >= 11 is 0. The van der Waals surface area contributed by atoms with Gasteiger partial charge in [0, 0.05) is 25.8 Å². The Labute approximate surface area is 137 Å². The fourth-order valence-electron chi connectivity index (χ4n) is 2.60. The van der Waals surface area contributed by atoms with E-state index in [1.54, 1.807) is 12.3 Å².